The number of aryl methyl sites for hydroxylation is 2. The van der Waals surface area contributed by atoms with Crippen LogP contribution in [0.1, 0.15) is 70.2 Å². The van der Waals surface area contributed by atoms with Crippen molar-refractivity contribution >= 4 is 31.4 Å². The minimum Gasteiger partial charge on any atom is -0.492 e. The Kier molecular flexibility index (Phi) is 6.70. The molecule has 40 heavy (non-hydrogen) atoms. The number of ether oxygens (including phenoxy) is 1. The standard InChI is InChI=1S/C28H33N5O5S2/c1-14(2)17-12-40(35,36)25-22(20-10-19-24(39-20)26(34)30-13-29-19)21(27-33-32-15(3)38-27)18(31-23(17)25)7-6-16-8-9-37-28(4,5)11-16/h10,13-14,16-17H,6-9,11-12H2,1-5H3,(H,29,30,34). The van der Waals surface area contributed by atoms with Gasteiger partial charge in [0.1, 0.15) is 11.0 Å². The van der Waals surface area contributed by atoms with Crippen molar-refractivity contribution in [1.82, 2.24) is 25.1 Å². The van der Waals surface area contributed by atoms with Gasteiger partial charge in [-0.3, -0.25) is 4.98 Å². The molecule has 10 nitrogen and oxygen atoms in total. The highest BCUT2D eigenvalue weighted by atomic mass is 32.2. The number of aromatic hydroxyl groups is 1. The molecule has 0 amide bonds. The van der Waals surface area contributed by atoms with Gasteiger partial charge in [-0.25, -0.2) is 18.4 Å². The van der Waals surface area contributed by atoms with Gasteiger partial charge in [0.2, 0.25) is 17.7 Å². The van der Waals surface area contributed by atoms with E-state index in [9.17, 15) is 13.5 Å². The van der Waals surface area contributed by atoms with Crippen LogP contribution in [0.5, 0.6) is 5.88 Å². The third kappa shape index (κ3) is 4.79. The molecule has 6 rings (SSSR count). The van der Waals surface area contributed by atoms with Crippen molar-refractivity contribution in [3.8, 4) is 27.8 Å². The Balaban J connectivity index is 1.61. The van der Waals surface area contributed by atoms with Crippen molar-refractivity contribution in [2.75, 3.05) is 12.4 Å². The van der Waals surface area contributed by atoms with E-state index in [0.717, 1.165) is 31.6 Å². The quantitative estimate of drug-likeness (QED) is 0.310. The lowest BCUT2D eigenvalue weighted by molar-refractivity contribution is -0.0734. The molecule has 0 saturated carbocycles. The summed E-state index contributed by atoms with van der Waals surface area (Å²) in [6.45, 7) is 10.7. The average Bonchev–Trinajstić information content (AvgIpc) is 3.57. The van der Waals surface area contributed by atoms with Gasteiger partial charge in [-0.1, -0.05) is 13.8 Å². The Morgan fingerprint density at radius 2 is 2.00 bits per heavy atom. The number of hydrogen-bond acceptors (Lipinski definition) is 11. The van der Waals surface area contributed by atoms with Crippen molar-refractivity contribution in [1.29, 1.82) is 0 Å². The van der Waals surface area contributed by atoms with Crippen LogP contribution in [0.15, 0.2) is 21.7 Å². The molecule has 4 aromatic heterocycles. The maximum atomic E-state index is 13.8. The van der Waals surface area contributed by atoms with Crippen molar-refractivity contribution in [3.63, 3.8) is 0 Å². The van der Waals surface area contributed by atoms with E-state index in [1.165, 1.54) is 17.7 Å². The molecule has 1 saturated heterocycles. The van der Waals surface area contributed by atoms with E-state index in [1.807, 2.05) is 13.8 Å². The second-order valence-corrected chi connectivity index (χ2v) is 14.8. The average molecular weight is 584 g/mol. The van der Waals surface area contributed by atoms with Crippen LogP contribution in [0.2, 0.25) is 0 Å². The van der Waals surface area contributed by atoms with Gasteiger partial charge in [0.05, 0.1) is 38.7 Å². The molecule has 1 N–H and O–H groups in total. The molecule has 0 aliphatic carbocycles. The molecule has 0 aromatic carbocycles. The first-order valence-electron chi connectivity index (χ1n) is 13.6. The van der Waals surface area contributed by atoms with E-state index in [-0.39, 0.29) is 39.9 Å². The predicted molar refractivity (Wildman–Crippen MR) is 151 cm³/mol. The fraction of sp³-hybridized carbons (Fsp3) is 0.536. The second kappa shape index (κ2) is 9.85. The first kappa shape index (κ1) is 27.2. The summed E-state index contributed by atoms with van der Waals surface area (Å²) in [5.74, 6) is 0.751. The Hall–Kier alpha value is -2.96. The molecule has 6 heterocycles. The molecule has 2 atom stereocenters. The van der Waals surface area contributed by atoms with Crippen molar-refractivity contribution in [2.24, 2.45) is 11.8 Å². The third-order valence-electron chi connectivity index (χ3n) is 7.99. The number of rotatable bonds is 6. The minimum absolute atomic E-state index is 0.00411. The van der Waals surface area contributed by atoms with Gasteiger partial charge in [-0.05, 0) is 57.4 Å². The van der Waals surface area contributed by atoms with Gasteiger partial charge in [0.15, 0.2) is 9.84 Å². The molecule has 2 aliphatic heterocycles. The summed E-state index contributed by atoms with van der Waals surface area (Å²) in [7, 11) is -3.68. The van der Waals surface area contributed by atoms with Crippen LogP contribution in [0.3, 0.4) is 0 Å². The zero-order chi connectivity index (χ0) is 28.4. The Morgan fingerprint density at radius 3 is 2.67 bits per heavy atom. The van der Waals surface area contributed by atoms with Crippen molar-refractivity contribution in [2.45, 2.75) is 76.7 Å². The molecule has 0 radical (unpaired) electrons. The fourth-order valence-corrected chi connectivity index (χ4v) is 9.41. The molecule has 4 aromatic rings. The maximum absolute atomic E-state index is 13.8. The summed E-state index contributed by atoms with van der Waals surface area (Å²) in [5.41, 5.74) is 2.74. The summed E-state index contributed by atoms with van der Waals surface area (Å²) in [6.07, 6.45) is 4.69. The normalized spacial score (nSPS) is 21.8. The van der Waals surface area contributed by atoms with Crippen LogP contribution in [0.25, 0.3) is 32.1 Å². The number of aromatic nitrogens is 5. The highest BCUT2D eigenvalue weighted by Crippen LogP contribution is 2.51. The highest BCUT2D eigenvalue weighted by Gasteiger charge is 2.43. The van der Waals surface area contributed by atoms with E-state index < -0.39 is 9.84 Å². The minimum atomic E-state index is -3.68. The lowest BCUT2D eigenvalue weighted by Crippen LogP contribution is -2.34. The number of fused-ring (bicyclic) bond motifs is 2. The van der Waals surface area contributed by atoms with Crippen LogP contribution in [-0.2, 0) is 21.0 Å². The topological polar surface area (TPSA) is 141 Å². The van der Waals surface area contributed by atoms with Crippen LogP contribution in [0.4, 0.5) is 0 Å². The lowest BCUT2D eigenvalue weighted by Gasteiger charge is -2.35. The van der Waals surface area contributed by atoms with E-state index in [0.29, 0.717) is 50.1 Å². The molecule has 0 spiro atoms. The summed E-state index contributed by atoms with van der Waals surface area (Å²) in [5, 5.41) is 18.8. The molecule has 1 fully saturated rings. The highest BCUT2D eigenvalue weighted by molar-refractivity contribution is 7.92. The van der Waals surface area contributed by atoms with E-state index in [4.69, 9.17) is 14.1 Å². The smallest absolute Gasteiger partial charge is 0.250 e. The molecule has 2 aliphatic rings. The zero-order valence-corrected chi connectivity index (χ0v) is 24.9. The van der Waals surface area contributed by atoms with E-state index >= 15 is 0 Å². The summed E-state index contributed by atoms with van der Waals surface area (Å²) >= 11 is 1.25. The molecule has 2 unspecified atom stereocenters. The molecular formula is C28H33N5O5S2. The van der Waals surface area contributed by atoms with Crippen LogP contribution in [-0.4, -0.2) is 56.6 Å². The van der Waals surface area contributed by atoms with Gasteiger partial charge < -0.3 is 14.3 Å². The van der Waals surface area contributed by atoms with E-state index in [2.05, 4.69) is 34.0 Å². The number of thiophene rings is 1. The van der Waals surface area contributed by atoms with Gasteiger partial charge in [-0.15, -0.1) is 21.5 Å². The van der Waals surface area contributed by atoms with Crippen molar-refractivity contribution < 1.29 is 22.7 Å². The first-order valence-corrected chi connectivity index (χ1v) is 16.1. The van der Waals surface area contributed by atoms with Gasteiger partial charge in [0.25, 0.3) is 0 Å². The molecular weight excluding hydrogens is 550 g/mol. The summed E-state index contributed by atoms with van der Waals surface area (Å²) in [6, 6.07) is 1.80. The van der Waals surface area contributed by atoms with Crippen LogP contribution < -0.4 is 0 Å². The first-order chi connectivity index (χ1) is 18.9. The number of nitrogens with zero attached hydrogens (tertiary/aromatic N) is 5. The number of hydrogen-bond donors (Lipinski definition) is 1. The van der Waals surface area contributed by atoms with E-state index in [1.54, 1.807) is 13.0 Å². The lowest BCUT2D eigenvalue weighted by atomic mass is 9.84. The largest absolute Gasteiger partial charge is 0.492 e. The van der Waals surface area contributed by atoms with Crippen molar-refractivity contribution in [3.05, 3.63) is 29.7 Å². The summed E-state index contributed by atoms with van der Waals surface area (Å²) < 4.78 is 40.0. The second-order valence-electron chi connectivity index (χ2n) is 11.8. The predicted octanol–water partition coefficient (Wildman–Crippen LogP) is 5.48. The van der Waals surface area contributed by atoms with Gasteiger partial charge in [-0.2, -0.15) is 0 Å². The van der Waals surface area contributed by atoms with Crippen LogP contribution >= 0.6 is 11.3 Å². The number of pyridine rings is 1. The van der Waals surface area contributed by atoms with Gasteiger partial charge in [0, 0.05) is 29.9 Å². The molecule has 0 bridgehead atoms. The Bertz CT molecular complexity index is 1710. The number of sulfone groups is 1. The Labute approximate surface area is 237 Å². The summed E-state index contributed by atoms with van der Waals surface area (Å²) in [4.78, 5) is 14.2. The monoisotopic (exact) mass is 583 g/mol. The Morgan fingerprint density at radius 1 is 1.20 bits per heavy atom. The van der Waals surface area contributed by atoms with Crippen LogP contribution in [0, 0.1) is 18.8 Å². The SMILES string of the molecule is Cc1nnc(-c2c(CCC3CCOC(C)(C)C3)nc3c(c2-c2cc4ncnc(O)c4s2)S(=O)(=O)CC3C(C)C)o1. The third-order valence-corrected chi connectivity index (χ3v) is 11.0. The zero-order valence-electron chi connectivity index (χ0n) is 23.3. The molecule has 212 valence electrons. The maximum Gasteiger partial charge on any atom is 0.250 e. The molecule has 12 heteroatoms. The fourth-order valence-electron chi connectivity index (χ4n) is 6.07. The van der Waals surface area contributed by atoms with Gasteiger partial charge >= 0.3 is 0 Å².